The molecule has 1 aliphatic carbocycles. The molecule has 1 aromatic heterocycles. The molecule has 140 valence electrons. The van der Waals surface area contributed by atoms with E-state index in [0.717, 1.165) is 49.6 Å². The molecule has 0 spiro atoms. The molecule has 1 aliphatic heterocycles. The molecule has 2 atom stereocenters. The van der Waals surface area contributed by atoms with Crippen LogP contribution in [0.25, 0.3) is 0 Å². The Morgan fingerprint density at radius 3 is 2.65 bits per heavy atom. The van der Waals surface area contributed by atoms with Gasteiger partial charge in [-0.15, -0.1) is 11.3 Å². The lowest BCUT2D eigenvalue weighted by atomic mass is 9.86. The van der Waals surface area contributed by atoms with Gasteiger partial charge in [-0.3, -0.25) is 4.90 Å². The van der Waals surface area contributed by atoms with E-state index in [1.807, 2.05) is 25.1 Å². The number of rotatable bonds is 6. The Morgan fingerprint density at radius 1 is 1.23 bits per heavy atom. The molecule has 0 bridgehead atoms. The number of nitrogens with one attached hydrogen (secondary N) is 1. The molecule has 2 heterocycles. The highest BCUT2D eigenvalue weighted by Gasteiger charge is 2.40. The van der Waals surface area contributed by atoms with E-state index in [1.54, 1.807) is 11.3 Å². The summed E-state index contributed by atoms with van der Waals surface area (Å²) in [6.45, 7) is 4.48. The van der Waals surface area contributed by atoms with Crippen LogP contribution in [0.15, 0.2) is 35.7 Å². The highest BCUT2D eigenvalue weighted by Crippen LogP contribution is 2.33. The number of aromatic nitrogens is 1. The van der Waals surface area contributed by atoms with Crippen LogP contribution in [0.1, 0.15) is 41.4 Å². The van der Waals surface area contributed by atoms with Crippen LogP contribution < -0.4 is 4.72 Å². The first-order valence-electron chi connectivity index (χ1n) is 9.21. The van der Waals surface area contributed by atoms with Crippen LogP contribution in [-0.4, -0.2) is 42.7 Å². The average Bonchev–Trinajstić information content (AvgIpc) is 3.40. The van der Waals surface area contributed by atoms with E-state index >= 15 is 0 Å². The van der Waals surface area contributed by atoms with Crippen LogP contribution in [0.5, 0.6) is 0 Å². The molecule has 0 unspecified atom stereocenters. The average molecular weight is 392 g/mol. The van der Waals surface area contributed by atoms with Crippen molar-refractivity contribution in [3.8, 4) is 0 Å². The summed E-state index contributed by atoms with van der Waals surface area (Å²) in [5.74, 6) is 0.221. The van der Waals surface area contributed by atoms with E-state index in [2.05, 4.69) is 32.1 Å². The van der Waals surface area contributed by atoms with Crippen LogP contribution in [0.2, 0.25) is 0 Å². The maximum Gasteiger partial charge on any atom is 0.214 e. The molecule has 1 N–H and O–H groups in total. The van der Waals surface area contributed by atoms with E-state index < -0.39 is 10.0 Å². The monoisotopic (exact) mass is 391 g/mol. The Balaban J connectivity index is 1.52. The van der Waals surface area contributed by atoms with E-state index in [1.165, 1.54) is 5.56 Å². The third-order valence-corrected chi connectivity index (χ3v) is 8.06. The van der Waals surface area contributed by atoms with Gasteiger partial charge in [0.15, 0.2) is 0 Å². The zero-order chi connectivity index (χ0) is 18.1. The predicted molar refractivity (Wildman–Crippen MR) is 105 cm³/mol. The van der Waals surface area contributed by atoms with Gasteiger partial charge in [-0.25, -0.2) is 18.1 Å². The van der Waals surface area contributed by atoms with Crippen LogP contribution in [0.4, 0.5) is 0 Å². The van der Waals surface area contributed by atoms with Gasteiger partial charge in [0.05, 0.1) is 16.0 Å². The van der Waals surface area contributed by atoms with Crippen molar-refractivity contribution in [2.45, 2.75) is 49.9 Å². The zero-order valence-electron chi connectivity index (χ0n) is 15.0. The van der Waals surface area contributed by atoms with Crippen LogP contribution >= 0.6 is 11.3 Å². The minimum absolute atomic E-state index is 0.0866. The molecule has 0 amide bonds. The highest BCUT2D eigenvalue weighted by atomic mass is 32.2. The Hall–Kier alpha value is -1.28. The van der Waals surface area contributed by atoms with Crippen molar-refractivity contribution in [3.63, 3.8) is 0 Å². The van der Waals surface area contributed by atoms with Crippen molar-refractivity contribution in [2.24, 2.45) is 0 Å². The summed E-state index contributed by atoms with van der Waals surface area (Å²) in [7, 11) is -3.21. The second-order valence-corrected chi connectivity index (χ2v) is 10.4. The number of hydrogen-bond donors (Lipinski definition) is 1. The molecule has 26 heavy (non-hydrogen) atoms. The second-order valence-electron chi connectivity index (χ2n) is 7.37. The minimum atomic E-state index is -3.21. The number of benzene rings is 1. The van der Waals surface area contributed by atoms with Crippen molar-refractivity contribution in [1.82, 2.24) is 14.6 Å². The van der Waals surface area contributed by atoms with Gasteiger partial charge in [0, 0.05) is 30.4 Å². The first-order chi connectivity index (χ1) is 12.5. The predicted octanol–water partition coefficient (Wildman–Crippen LogP) is 2.89. The molecule has 4 rings (SSSR count). The largest absolute Gasteiger partial charge is 0.296 e. The fourth-order valence-electron chi connectivity index (χ4n) is 3.78. The highest BCUT2D eigenvalue weighted by molar-refractivity contribution is 7.90. The normalized spacial score (nSPS) is 24.7. The molecule has 2 fully saturated rings. The summed E-state index contributed by atoms with van der Waals surface area (Å²) in [5, 5.41) is 2.99. The fourth-order valence-corrected chi connectivity index (χ4v) is 5.99. The van der Waals surface area contributed by atoms with Crippen LogP contribution in [-0.2, 0) is 16.6 Å². The summed E-state index contributed by atoms with van der Waals surface area (Å²) in [4.78, 5) is 6.89. The number of piperidine rings is 1. The lowest BCUT2D eigenvalue weighted by Crippen LogP contribution is -2.52. The van der Waals surface area contributed by atoms with E-state index in [9.17, 15) is 8.42 Å². The molecule has 1 aromatic carbocycles. The number of nitrogens with zero attached hydrogens (tertiary/aromatic N) is 2. The van der Waals surface area contributed by atoms with E-state index in [0.29, 0.717) is 0 Å². The molecule has 2 aliphatic rings. The summed E-state index contributed by atoms with van der Waals surface area (Å²) >= 11 is 1.66. The maximum atomic E-state index is 12.6. The molecular formula is C19H25N3O2S2. The number of aryl methyl sites for hydroxylation is 1. The molecule has 7 heteroatoms. The standard InChI is InChI=1S/C19H25N3O2S2/c1-14-20-16(13-25-14)11-22-10-9-18(15-5-3-2-4-6-15)19(12-22)21-26(23,24)17-7-8-17/h2-6,13,17-19,21H,7-12H2,1H3/t18-,19-/m0/s1. The Kier molecular flexibility index (Phi) is 5.14. The van der Waals surface area contributed by atoms with Gasteiger partial charge in [0.1, 0.15) is 0 Å². The van der Waals surface area contributed by atoms with Crippen molar-refractivity contribution in [1.29, 1.82) is 0 Å². The summed E-state index contributed by atoms with van der Waals surface area (Å²) in [6, 6.07) is 10.2. The molecule has 5 nitrogen and oxygen atoms in total. The number of sulfonamides is 1. The second kappa shape index (κ2) is 7.38. The Labute approximate surface area is 159 Å². The van der Waals surface area contributed by atoms with Gasteiger partial charge in [0.2, 0.25) is 10.0 Å². The summed E-state index contributed by atoms with van der Waals surface area (Å²) < 4.78 is 28.2. The van der Waals surface area contributed by atoms with E-state index in [4.69, 9.17) is 0 Å². The van der Waals surface area contributed by atoms with Gasteiger partial charge in [-0.1, -0.05) is 30.3 Å². The quantitative estimate of drug-likeness (QED) is 0.822. The molecule has 2 aromatic rings. The Morgan fingerprint density at radius 2 is 2.00 bits per heavy atom. The summed E-state index contributed by atoms with van der Waals surface area (Å²) in [6.07, 6.45) is 2.53. The van der Waals surface area contributed by atoms with Gasteiger partial charge < -0.3 is 0 Å². The lowest BCUT2D eigenvalue weighted by molar-refractivity contribution is 0.174. The van der Waals surface area contributed by atoms with Crippen molar-refractivity contribution in [2.75, 3.05) is 13.1 Å². The maximum absolute atomic E-state index is 12.6. The zero-order valence-corrected chi connectivity index (χ0v) is 16.6. The smallest absolute Gasteiger partial charge is 0.214 e. The fraction of sp³-hybridized carbons (Fsp3) is 0.526. The van der Waals surface area contributed by atoms with E-state index in [-0.39, 0.29) is 17.2 Å². The van der Waals surface area contributed by atoms with Crippen molar-refractivity contribution >= 4 is 21.4 Å². The lowest BCUT2D eigenvalue weighted by Gasteiger charge is -2.39. The molecule has 1 saturated carbocycles. The van der Waals surface area contributed by atoms with Crippen LogP contribution in [0.3, 0.4) is 0 Å². The van der Waals surface area contributed by atoms with Gasteiger partial charge >= 0.3 is 0 Å². The van der Waals surface area contributed by atoms with Crippen molar-refractivity contribution in [3.05, 3.63) is 52.0 Å². The third kappa shape index (κ3) is 4.17. The molecule has 1 saturated heterocycles. The number of hydrogen-bond acceptors (Lipinski definition) is 5. The molecular weight excluding hydrogens is 366 g/mol. The molecule has 0 radical (unpaired) electrons. The Bertz CT molecular complexity index is 847. The van der Waals surface area contributed by atoms with Gasteiger partial charge in [-0.05, 0) is 38.3 Å². The van der Waals surface area contributed by atoms with Crippen LogP contribution in [0, 0.1) is 6.92 Å². The topological polar surface area (TPSA) is 62.3 Å². The SMILES string of the molecule is Cc1nc(CN2CC[C@@H](c3ccccc3)[C@@H](NS(=O)(=O)C3CC3)C2)cs1. The first-order valence-corrected chi connectivity index (χ1v) is 11.6. The number of thiazole rings is 1. The van der Waals surface area contributed by atoms with Gasteiger partial charge in [0.25, 0.3) is 0 Å². The third-order valence-electron chi connectivity index (χ3n) is 5.26. The van der Waals surface area contributed by atoms with Crippen molar-refractivity contribution < 1.29 is 8.42 Å². The number of likely N-dealkylation sites (tertiary alicyclic amines) is 1. The van der Waals surface area contributed by atoms with Gasteiger partial charge in [-0.2, -0.15) is 0 Å². The first kappa shape index (κ1) is 18.1. The minimum Gasteiger partial charge on any atom is -0.296 e. The summed E-state index contributed by atoms with van der Waals surface area (Å²) in [5.41, 5.74) is 2.30.